The summed E-state index contributed by atoms with van der Waals surface area (Å²) in [5, 5.41) is 17.9. The largest absolute Gasteiger partial charge is 0.497 e. The monoisotopic (exact) mass is 264 g/mol. The van der Waals surface area contributed by atoms with Crippen molar-refractivity contribution in [3.63, 3.8) is 0 Å². The van der Waals surface area contributed by atoms with Crippen LogP contribution < -0.4 is 4.74 Å². The van der Waals surface area contributed by atoms with Gasteiger partial charge in [0, 0.05) is 0 Å². The minimum absolute atomic E-state index is 0.209. The highest BCUT2D eigenvalue weighted by atomic mass is 16.5. The van der Waals surface area contributed by atoms with Gasteiger partial charge in [-0.1, -0.05) is 24.3 Å². The Kier molecular flexibility index (Phi) is 4.69. The van der Waals surface area contributed by atoms with E-state index in [0.717, 1.165) is 0 Å². The number of rotatable bonds is 6. The lowest BCUT2D eigenvalue weighted by molar-refractivity contribution is -0.141. The minimum atomic E-state index is -1.26. The van der Waals surface area contributed by atoms with E-state index in [4.69, 9.17) is 9.84 Å². The minimum Gasteiger partial charge on any atom is -0.497 e. The van der Waals surface area contributed by atoms with Gasteiger partial charge in [0.1, 0.15) is 11.2 Å². The molecule has 0 aliphatic heterocycles. The van der Waals surface area contributed by atoms with Crippen molar-refractivity contribution in [3.05, 3.63) is 42.0 Å². The molecule has 102 valence electrons. The lowest BCUT2D eigenvalue weighted by atomic mass is 9.82. The van der Waals surface area contributed by atoms with Crippen molar-refractivity contribution in [2.75, 3.05) is 7.11 Å². The maximum absolute atomic E-state index is 11.4. The third-order valence-corrected chi connectivity index (χ3v) is 2.88. The van der Waals surface area contributed by atoms with Gasteiger partial charge in [0.25, 0.3) is 0 Å². The van der Waals surface area contributed by atoms with Gasteiger partial charge in [-0.2, -0.15) is 0 Å². The highest BCUT2D eigenvalue weighted by Gasteiger charge is 2.32. The van der Waals surface area contributed by atoms with Crippen LogP contribution in [-0.2, 0) is 15.0 Å². The molecule has 19 heavy (non-hydrogen) atoms. The van der Waals surface area contributed by atoms with Gasteiger partial charge in [0.05, 0.1) is 13.5 Å². The van der Waals surface area contributed by atoms with Crippen molar-refractivity contribution in [1.29, 1.82) is 0 Å². The molecule has 1 unspecified atom stereocenters. The molecule has 0 fully saturated rings. The van der Waals surface area contributed by atoms with Crippen molar-refractivity contribution in [2.24, 2.45) is 0 Å². The molecule has 0 saturated heterocycles. The molecule has 5 heteroatoms. The van der Waals surface area contributed by atoms with Crippen LogP contribution in [0.25, 0.3) is 0 Å². The summed E-state index contributed by atoms with van der Waals surface area (Å²) in [4.78, 5) is 21.9. The predicted molar refractivity (Wildman–Crippen MR) is 69.4 cm³/mol. The molecule has 1 rings (SSSR count). The van der Waals surface area contributed by atoms with Crippen molar-refractivity contribution in [3.8, 4) is 5.75 Å². The van der Waals surface area contributed by atoms with Gasteiger partial charge in [0.15, 0.2) is 0 Å². The molecular weight excluding hydrogens is 248 g/mol. The average Bonchev–Trinajstić information content (AvgIpc) is 2.38. The van der Waals surface area contributed by atoms with Crippen LogP contribution in [0, 0.1) is 0 Å². The number of aliphatic carboxylic acids is 2. The molecule has 0 spiro atoms. The highest BCUT2D eigenvalue weighted by Crippen LogP contribution is 2.27. The zero-order valence-corrected chi connectivity index (χ0v) is 10.8. The summed E-state index contributed by atoms with van der Waals surface area (Å²) in [6.45, 7) is 1.52. The smallest absolute Gasteiger partial charge is 0.317 e. The molecule has 0 radical (unpaired) electrons. The maximum atomic E-state index is 11.4. The van der Waals surface area contributed by atoms with Crippen LogP contribution in [0.2, 0.25) is 0 Å². The van der Waals surface area contributed by atoms with Crippen molar-refractivity contribution >= 4 is 11.9 Å². The quantitative estimate of drug-likeness (QED) is 0.768. The number of ether oxygens (including phenoxy) is 1. The van der Waals surface area contributed by atoms with Crippen LogP contribution in [-0.4, -0.2) is 29.3 Å². The molecule has 0 aliphatic rings. The van der Waals surface area contributed by atoms with Crippen LogP contribution in [0.15, 0.2) is 36.4 Å². The summed E-state index contributed by atoms with van der Waals surface area (Å²) >= 11 is 0. The summed E-state index contributed by atoms with van der Waals surface area (Å²) in [6, 6.07) is 6.64. The van der Waals surface area contributed by atoms with Gasteiger partial charge < -0.3 is 14.9 Å². The average molecular weight is 264 g/mol. The fraction of sp³-hybridized carbons (Fsp3) is 0.286. The Balaban J connectivity index is 3.07. The second kappa shape index (κ2) is 6.04. The summed E-state index contributed by atoms with van der Waals surface area (Å²) < 4.78 is 5.01. The third-order valence-electron chi connectivity index (χ3n) is 2.88. The Hall–Kier alpha value is -2.30. The lowest BCUT2D eigenvalue weighted by Gasteiger charge is -2.21. The fourth-order valence-corrected chi connectivity index (χ4v) is 1.62. The molecule has 0 heterocycles. The second-order valence-electron chi connectivity index (χ2n) is 4.24. The molecule has 1 aromatic carbocycles. The number of hydrogen-bond donors (Lipinski definition) is 2. The van der Waals surface area contributed by atoms with Crippen LogP contribution in [0.5, 0.6) is 5.75 Å². The Morgan fingerprint density at radius 1 is 1.26 bits per heavy atom. The van der Waals surface area contributed by atoms with Gasteiger partial charge in [0.2, 0.25) is 0 Å². The van der Waals surface area contributed by atoms with Gasteiger partial charge in [-0.3, -0.25) is 9.59 Å². The number of carboxylic acid groups (broad SMARTS) is 2. The molecule has 0 aromatic heterocycles. The van der Waals surface area contributed by atoms with E-state index in [2.05, 4.69) is 0 Å². The molecule has 0 aliphatic carbocycles. The molecule has 2 N–H and O–H groups in total. The first-order chi connectivity index (χ1) is 8.90. The molecule has 1 aromatic rings. The van der Waals surface area contributed by atoms with E-state index in [1.165, 1.54) is 26.2 Å². The molecule has 0 saturated carbocycles. The topological polar surface area (TPSA) is 83.8 Å². The molecule has 0 amide bonds. The van der Waals surface area contributed by atoms with E-state index >= 15 is 0 Å². The van der Waals surface area contributed by atoms with Crippen molar-refractivity contribution in [1.82, 2.24) is 0 Å². The fourth-order valence-electron chi connectivity index (χ4n) is 1.62. The zero-order valence-electron chi connectivity index (χ0n) is 10.8. The highest BCUT2D eigenvalue weighted by molar-refractivity contribution is 5.83. The molecule has 5 nitrogen and oxygen atoms in total. The zero-order chi connectivity index (χ0) is 14.5. The van der Waals surface area contributed by atoms with Crippen molar-refractivity contribution < 1.29 is 24.5 Å². The predicted octanol–water partition coefficient (Wildman–Crippen LogP) is 2.07. The first kappa shape index (κ1) is 14.8. The van der Waals surface area contributed by atoms with Crippen LogP contribution in [0.4, 0.5) is 0 Å². The van der Waals surface area contributed by atoms with Crippen LogP contribution in [0.3, 0.4) is 0 Å². The van der Waals surface area contributed by atoms with Gasteiger partial charge >= 0.3 is 11.9 Å². The van der Waals surface area contributed by atoms with Gasteiger partial charge in [-0.05, 0) is 24.6 Å². The van der Waals surface area contributed by atoms with E-state index in [1.807, 2.05) is 0 Å². The van der Waals surface area contributed by atoms with Gasteiger partial charge in [-0.25, -0.2) is 0 Å². The lowest BCUT2D eigenvalue weighted by Crippen LogP contribution is -2.30. The SMILES string of the molecule is COc1ccc(C(C)(/C=C/CC(=O)O)C(=O)O)cc1. The summed E-state index contributed by atoms with van der Waals surface area (Å²) in [6.07, 6.45) is 2.53. The van der Waals surface area contributed by atoms with Crippen LogP contribution >= 0.6 is 0 Å². The molecule has 1 atom stereocenters. The molecular formula is C14H16O5. The number of benzene rings is 1. The van der Waals surface area contributed by atoms with Crippen molar-refractivity contribution in [2.45, 2.75) is 18.8 Å². The summed E-state index contributed by atoms with van der Waals surface area (Å²) in [5.74, 6) is -1.41. The van der Waals surface area contributed by atoms with Gasteiger partial charge in [-0.15, -0.1) is 0 Å². The van der Waals surface area contributed by atoms with Crippen LogP contribution in [0.1, 0.15) is 18.9 Å². The number of carbonyl (C=O) groups is 2. The Labute approximate surface area is 111 Å². The van der Waals surface area contributed by atoms with E-state index in [0.29, 0.717) is 11.3 Å². The number of methoxy groups -OCH3 is 1. The normalized spacial score (nSPS) is 14.0. The van der Waals surface area contributed by atoms with E-state index < -0.39 is 17.4 Å². The van der Waals surface area contributed by atoms with E-state index in [-0.39, 0.29) is 6.42 Å². The first-order valence-electron chi connectivity index (χ1n) is 5.67. The second-order valence-corrected chi connectivity index (χ2v) is 4.24. The molecule has 0 bridgehead atoms. The third kappa shape index (κ3) is 3.58. The first-order valence-corrected chi connectivity index (χ1v) is 5.67. The Bertz CT molecular complexity index is 489. The van der Waals surface area contributed by atoms with E-state index in [1.54, 1.807) is 24.3 Å². The van der Waals surface area contributed by atoms with E-state index in [9.17, 15) is 14.7 Å². The Morgan fingerprint density at radius 2 is 1.84 bits per heavy atom. The standard InChI is InChI=1S/C14H16O5/c1-14(13(17)18,9-3-4-12(15)16)10-5-7-11(19-2)8-6-10/h3,5-9H,4H2,1-2H3,(H,15,16)(H,17,18)/b9-3+. The summed E-state index contributed by atoms with van der Waals surface area (Å²) in [5.41, 5.74) is -0.704. The number of hydrogen-bond acceptors (Lipinski definition) is 3. The Morgan fingerprint density at radius 3 is 2.26 bits per heavy atom. The number of carboxylic acids is 2. The maximum Gasteiger partial charge on any atom is 0.317 e. The summed E-state index contributed by atoms with van der Waals surface area (Å²) in [7, 11) is 1.53.